The molecule has 0 aliphatic rings. The maximum atomic E-state index is 14.6. The molecule has 0 heterocycles. The van der Waals surface area contributed by atoms with Crippen molar-refractivity contribution < 1.29 is 13.2 Å². The standard InChI is InChI=1S/C13H18F3N/c1-12(2,3)13(16,8-17)7-9-4-5-10(14)11(15)6-9/h4-6H,7-8,17H2,1-3H3. The summed E-state index contributed by atoms with van der Waals surface area (Å²) >= 11 is 0. The molecule has 0 spiro atoms. The molecule has 1 unspecified atom stereocenters. The Balaban J connectivity index is 2.99. The smallest absolute Gasteiger partial charge is 0.159 e. The Morgan fingerprint density at radius 3 is 2.12 bits per heavy atom. The zero-order valence-electron chi connectivity index (χ0n) is 10.4. The van der Waals surface area contributed by atoms with Gasteiger partial charge in [0.25, 0.3) is 0 Å². The summed E-state index contributed by atoms with van der Waals surface area (Å²) < 4.78 is 40.4. The fourth-order valence-corrected chi connectivity index (χ4v) is 1.62. The topological polar surface area (TPSA) is 26.0 Å². The van der Waals surface area contributed by atoms with E-state index >= 15 is 0 Å². The van der Waals surface area contributed by atoms with Crippen molar-refractivity contribution in [1.29, 1.82) is 0 Å². The quantitative estimate of drug-likeness (QED) is 0.869. The average molecular weight is 245 g/mol. The molecule has 0 fully saturated rings. The second-order valence-corrected chi connectivity index (χ2v) is 5.34. The van der Waals surface area contributed by atoms with Crippen molar-refractivity contribution in [3.8, 4) is 0 Å². The van der Waals surface area contributed by atoms with E-state index in [1.807, 2.05) is 0 Å². The van der Waals surface area contributed by atoms with E-state index in [-0.39, 0.29) is 13.0 Å². The molecule has 96 valence electrons. The van der Waals surface area contributed by atoms with Gasteiger partial charge in [-0.15, -0.1) is 0 Å². The number of halogens is 3. The van der Waals surface area contributed by atoms with Crippen LogP contribution in [0.3, 0.4) is 0 Å². The van der Waals surface area contributed by atoms with Crippen molar-refractivity contribution >= 4 is 0 Å². The van der Waals surface area contributed by atoms with Crippen LogP contribution in [0.1, 0.15) is 26.3 Å². The number of rotatable bonds is 3. The first-order chi connectivity index (χ1) is 7.69. The van der Waals surface area contributed by atoms with Crippen LogP contribution in [0.4, 0.5) is 13.2 Å². The second-order valence-electron chi connectivity index (χ2n) is 5.34. The number of benzene rings is 1. The van der Waals surface area contributed by atoms with Gasteiger partial charge in [-0.25, -0.2) is 13.2 Å². The van der Waals surface area contributed by atoms with Crippen molar-refractivity contribution in [2.24, 2.45) is 11.1 Å². The summed E-state index contributed by atoms with van der Waals surface area (Å²) in [5.74, 6) is -1.89. The van der Waals surface area contributed by atoms with Crippen LogP contribution in [0.2, 0.25) is 0 Å². The van der Waals surface area contributed by atoms with Gasteiger partial charge < -0.3 is 5.73 Å². The van der Waals surface area contributed by atoms with E-state index in [9.17, 15) is 13.2 Å². The Morgan fingerprint density at radius 2 is 1.71 bits per heavy atom. The molecule has 0 aliphatic heterocycles. The Hall–Kier alpha value is -1.03. The predicted molar refractivity (Wildman–Crippen MR) is 62.4 cm³/mol. The summed E-state index contributed by atoms with van der Waals surface area (Å²) in [6.07, 6.45) is -0.0236. The fourth-order valence-electron chi connectivity index (χ4n) is 1.62. The minimum atomic E-state index is -1.64. The minimum Gasteiger partial charge on any atom is -0.327 e. The minimum absolute atomic E-state index is 0.0236. The van der Waals surface area contributed by atoms with Gasteiger partial charge in [0.1, 0.15) is 5.67 Å². The van der Waals surface area contributed by atoms with Crippen LogP contribution in [0.15, 0.2) is 18.2 Å². The van der Waals surface area contributed by atoms with Gasteiger partial charge in [0, 0.05) is 13.0 Å². The third-order valence-electron chi connectivity index (χ3n) is 3.14. The van der Waals surface area contributed by atoms with E-state index in [2.05, 4.69) is 0 Å². The zero-order valence-corrected chi connectivity index (χ0v) is 10.4. The van der Waals surface area contributed by atoms with E-state index in [1.54, 1.807) is 20.8 Å². The van der Waals surface area contributed by atoms with Crippen molar-refractivity contribution in [2.45, 2.75) is 32.9 Å². The lowest BCUT2D eigenvalue weighted by atomic mass is 9.74. The van der Waals surface area contributed by atoms with Crippen LogP contribution in [-0.4, -0.2) is 12.2 Å². The molecule has 1 aromatic carbocycles. The van der Waals surface area contributed by atoms with E-state index in [0.717, 1.165) is 12.1 Å². The SMILES string of the molecule is CC(C)(C)C(F)(CN)Cc1ccc(F)c(F)c1. The van der Waals surface area contributed by atoms with Crippen molar-refractivity contribution in [3.05, 3.63) is 35.4 Å². The first kappa shape index (κ1) is 14.0. The van der Waals surface area contributed by atoms with Crippen molar-refractivity contribution in [2.75, 3.05) is 6.54 Å². The summed E-state index contributed by atoms with van der Waals surface area (Å²) in [5.41, 5.74) is 3.57. The highest BCUT2D eigenvalue weighted by Gasteiger charge is 2.41. The lowest BCUT2D eigenvalue weighted by molar-refractivity contribution is 0.0381. The summed E-state index contributed by atoms with van der Waals surface area (Å²) in [6.45, 7) is 5.05. The molecule has 1 nitrogen and oxygen atoms in total. The zero-order chi connectivity index (χ0) is 13.3. The van der Waals surface area contributed by atoms with Gasteiger partial charge in [-0.05, 0) is 23.1 Å². The Labute approximate surface area is 99.8 Å². The van der Waals surface area contributed by atoms with Gasteiger partial charge in [-0.1, -0.05) is 26.8 Å². The monoisotopic (exact) mass is 245 g/mol. The first-order valence-corrected chi connectivity index (χ1v) is 5.52. The van der Waals surface area contributed by atoms with E-state index in [1.165, 1.54) is 6.07 Å². The maximum Gasteiger partial charge on any atom is 0.159 e. The Morgan fingerprint density at radius 1 is 1.12 bits per heavy atom. The fraction of sp³-hybridized carbons (Fsp3) is 0.538. The normalized spacial score (nSPS) is 15.7. The molecule has 0 saturated heterocycles. The molecule has 1 aromatic rings. The number of hydrogen-bond acceptors (Lipinski definition) is 1. The van der Waals surface area contributed by atoms with Crippen LogP contribution in [0, 0.1) is 17.0 Å². The van der Waals surface area contributed by atoms with Crippen LogP contribution in [0.5, 0.6) is 0 Å². The highest BCUT2D eigenvalue weighted by atomic mass is 19.2. The molecule has 0 aromatic heterocycles. The lowest BCUT2D eigenvalue weighted by Crippen LogP contribution is -2.47. The number of alkyl halides is 1. The summed E-state index contributed by atoms with van der Waals surface area (Å²) in [5, 5.41) is 0. The van der Waals surface area contributed by atoms with Gasteiger partial charge in [0.2, 0.25) is 0 Å². The summed E-state index contributed by atoms with van der Waals surface area (Å²) in [4.78, 5) is 0. The highest BCUT2D eigenvalue weighted by Crippen LogP contribution is 2.36. The van der Waals surface area contributed by atoms with E-state index < -0.39 is 22.7 Å². The largest absolute Gasteiger partial charge is 0.327 e. The average Bonchev–Trinajstić information content (AvgIpc) is 2.22. The highest BCUT2D eigenvalue weighted by molar-refractivity contribution is 5.21. The van der Waals surface area contributed by atoms with Gasteiger partial charge in [0.05, 0.1) is 0 Å². The molecule has 0 amide bonds. The van der Waals surface area contributed by atoms with Crippen molar-refractivity contribution in [3.63, 3.8) is 0 Å². The molecule has 1 atom stereocenters. The Bertz CT molecular complexity index is 398. The molecule has 17 heavy (non-hydrogen) atoms. The second kappa shape index (κ2) is 4.69. The molecule has 2 N–H and O–H groups in total. The molecule has 0 saturated carbocycles. The predicted octanol–water partition coefficient (Wildman–Crippen LogP) is 3.22. The van der Waals surface area contributed by atoms with Gasteiger partial charge in [-0.3, -0.25) is 0 Å². The van der Waals surface area contributed by atoms with Crippen molar-refractivity contribution in [1.82, 2.24) is 0 Å². The van der Waals surface area contributed by atoms with Crippen LogP contribution < -0.4 is 5.73 Å². The molecule has 1 rings (SSSR count). The summed E-state index contributed by atoms with van der Waals surface area (Å²) in [7, 11) is 0. The Kier molecular flexibility index (Phi) is 3.87. The van der Waals surface area contributed by atoms with E-state index in [0.29, 0.717) is 5.56 Å². The van der Waals surface area contributed by atoms with Gasteiger partial charge >= 0.3 is 0 Å². The summed E-state index contributed by atoms with van der Waals surface area (Å²) in [6, 6.07) is 3.41. The maximum absolute atomic E-state index is 14.6. The van der Waals surface area contributed by atoms with Gasteiger partial charge in [0.15, 0.2) is 11.6 Å². The number of hydrogen-bond donors (Lipinski definition) is 1. The first-order valence-electron chi connectivity index (χ1n) is 5.52. The number of nitrogens with two attached hydrogens (primary N) is 1. The molecular formula is C13H18F3N. The molecule has 4 heteroatoms. The molecule has 0 bridgehead atoms. The molecular weight excluding hydrogens is 227 g/mol. The molecule has 0 radical (unpaired) electrons. The molecule has 0 aliphatic carbocycles. The van der Waals surface area contributed by atoms with E-state index in [4.69, 9.17) is 5.73 Å². The lowest BCUT2D eigenvalue weighted by Gasteiger charge is -2.37. The van der Waals surface area contributed by atoms with Crippen LogP contribution in [-0.2, 0) is 6.42 Å². The third kappa shape index (κ3) is 3.00. The van der Waals surface area contributed by atoms with Crippen LogP contribution >= 0.6 is 0 Å². The van der Waals surface area contributed by atoms with Gasteiger partial charge in [-0.2, -0.15) is 0 Å². The van der Waals surface area contributed by atoms with Crippen LogP contribution in [0.25, 0.3) is 0 Å². The third-order valence-corrected chi connectivity index (χ3v) is 3.14.